The van der Waals surface area contributed by atoms with Crippen molar-refractivity contribution in [1.82, 2.24) is 5.32 Å². The van der Waals surface area contributed by atoms with Crippen LogP contribution >= 0.6 is 0 Å². The summed E-state index contributed by atoms with van der Waals surface area (Å²) in [4.78, 5) is 25.9. The van der Waals surface area contributed by atoms with Crippen LogP contribution in [-0.4, -0.2) is 103 Å². The van der Waals surface area contributed by atoms with Crippen molar-refractivity contribution in [3.63, 3.8) is 0 Å². The molecule has 1 heterocycles. The van der Waals surface area contributed by atoms with Crippen molar-refractivity contribution in [1.29, 1.82) is 0 Å². The van der Waals surface area contributed by atoms with Crippen molar-refractivity contribution in [3.05, 3.63) is 60.2 Å². The van der Waals surface area contributed by atoms with Gasteiger partial charge >= 0.3 is 11.8 Å². The van der Waals surface area contributed by atoms with E-state index in [-0.39, 0.29) is 10.6 Å². The molecule has 0 radical (unpaired) electrons. The monoisotopic (exact) mass is 683 g/mol. The predicted octanol–water partition coefficient (Wildman–Crippen LogP) is 1.17. The number of fused-ring (bicyclic) bond motifs is 1. The molecule has 6 atom stereocenters. The van der Waals surface area contributed by atoms with Crippen LogP contribution < -0.4 is 19.7 Å². The summed E-state index contributed by atoms with van der Waals surface area (Å²) in [5, 5.41) is 54.1. The third-order valence-electron chi connectivity index (χ3n) is 7.59. The first-order chi connectivity index (χ1) is 22.0. The number of alkyl halides is 2. The van der Waals surface area contributed by atoms with E-state index in [4.69, 9.17) is 9.47 Å². The third kappa shape index (κ3) is 7.39. The minimum Gasteiger partial charge on any atom is -0.476 e. The molecule has 0 spiro atoms. The summed E-state index contributed by atoms with van der Waals surface area (Å²) in [6.45, 7) is 0.0352. The molecule has 1 fully saturated rings. The van der Waals surface area contributed by atoms with Gasteiger partial charge in [0.2, 0.25) is 5.91 Å². The molecule has 0 aliphatic carbocycles. The Hall–Kier alpha value is -4.13. The molecule has 3 aromatic carbocycles. The number of nitrogens with zero attached hydrogens (tertiary/aromatic N) is 1. The molecule has 47 heavy (non-hydrogen) atoms. The number of sulfonamides is 1. The molecule has 3 aromatic rings. The molecule has 1 saturated heterocycles. The van der Waals surface area contributed by atoms with E-state index in [2.05, 4.69) is 10.0 Å². The fraction of sp³-hybridized carbons (Fsp3) is 0.400. The number of ether oxygens (including phenoxy) is 2. The number of carboxylic acids is 1. The Morgan fingerprint density at radius 1 is 1.11 bits per heavy atom. The summed E-state index contributed by atoms with van der Waals surface area (Å²) in [6.07, 6.45) is -12.0. The lowest BCUT2D eigenvalue weighted by molar-refractivity contribution is -0.284. The van der Waals surface area contributed by atoms with Gasteiger partial charge in [-0.15, -0.1) is 0 Å². The van der Waals surface area contributed by atoms with E-state index in [9.17, 15) is 52.3 Å². The number of aliphatic hydroxyl groups is 4. The number of hydrogen-bond donors (Lipinski definition) is 7. The molecule has 17 heteroatoms. The number of halogens is 2. The predicted molar refractivity (Wildman–Crippen MR) is 164 cm³/mol. The Balaban J connectivity index is 1.71. The van der Waals surface area contributed by atoms with Gasteiger partial charge in [-0.1, -0.05) is 24.3 Å². The third-order valence-corrected chi connectivity index (χ3v) is 9.03. The summed E-state index contributed by atoms with van der Waals surface area (Å²) < 4.78 is 68.9. The van der Waals surface area contributed by atoms with Crippen LogP contribution in [0.4, 0.5) is 20.2 Å². The molecular formula is C30H35F2N3O11S. The topological polar surface area (TPSA) is 215 Å². The molecule has 14 nitrogen and oxygen atoms in total. The van der Waals surface area contributed by atoms with Crippen LogP contribution in [0.3, 0.4) is 0 Å². The number of carbonyl (C=O) groups is 2. The molecule has 7 N–H and O–H groups in total. The maximum absolute atomic E-state index is 14.4. The number of anilines is 2. The molecule has 0 aromatic heterocycles. The van der Waals surface area contributed by atoms with Gasteiger partial charge in [-0.05, 0) is 30.3 Å². The van der Waals surface area contributed by atoms with Gasteiger partial charge in [-0.3, -0.25) is 9.52 Å². The van der Waals surface area contributed by atoms with Gasteiger partial charge in [0.15, 0.2) is 0 Å². The zero-order chi connectivity index (χ0) is 34.8. The highest BCUT2D eigenvalue weighted by Gasteiger charge is 2.57. The van der Waals surface area contributed by atoms with E-state index in [1.54, 1.807) is 43.3 Å². The second kappa shape index (κ2) is 13.9. The number of aliphatic hydroxyl groups excluding tert-OH is 4. The SMILES string of the molecule is CC(=O)N[C@H]1[C@@H](C(O)C(O)CO)O[C@@](Oc2ccc(NS(=O)(=O)c3cccc4c(N(C)C)cccc34)cc2C(F)F)(C(=O)O)C[C@@H]1O. The van der Waals surface area contributed by atoms with E-state index >= 15 is 0 Å². The second-order valence-electron chi connectivity index (χ2n) is 11.2. The Labute approximate surface area is 268 Å². The van der Waals surface area contributed by atoms with E-state index in [0.29, 0.717) is 10.8 Å². The number of rotatable bonds is 12. The molecule has 1 aliphatic rings. The molecular weight excluding hydrogens is 648 g/mol. The summed E-state index contributed by atoms with van der Waals surface area (Å²) >= 11 is 0. The number of aliphatic carboxylic acids is 1. The van der Waals surface area contributed by atoms with Crippen molar-refractivity contribution >= 4 is 44.0 Å². The highest BCUT2D eigenvalue weighted by Crippen LogP contribution is 2.40. The van der Waals surface area contributed by atoms with Crippen LogP contribution in [0.5, 0.6) is 5.75 Å². The van der Waals surface area contributed by atoms with Gasteiger partial charge in [0.25, 0.3) is 16.4 Å². The smallest absolute Gasteiger partial charge is 0.377 e. The molecule has 0 saturated carbocycles. The molecule has 1 amide bonds. The average Bonchev–Trinajstić information content (AvgIpc) is 3.00. The Morgan fingerprint density at radius 3 is 2.36 bits per heavy atom. The number of amides is 1. The van der Waals surface area contributed by atoms with E-state index in [0.717, 1.165) is 30.8 Å². The highest BCUT2D eigenvalue weighted by molar-refractivity contribution is 7.93. The number of carbonyl (C=O) groups excluding carboxylic acids is 1. The van der Waals surface area contributed by atoms with Gasteiger partial charge in [0.1, 0.15) is 24.1 Å². The van der Waals surface area contributed by atoms with Gasteiger partial charge in [-0.2, -0.15) is 0 Å². The first kappa shape index (κ1) is 35.7. The van der Waals surface area contributed by atoms with Crippen molar-refractivity contribution in [3.8, 4) is 5.75 Å². The standard InChI is InChI=1S/C30H35F2N3O11S/c1-15(37)33-25-21(38)13-30(29(41)42,46-27(25)26(40)22(39)14-36)45-23-11-10-16(12-19(23)28(31)32)34-47(43,44)24-9-5-6-17-18(24)7-4-8-20(17)35(2)3/h4-12,21-22,25-28,34,36,38-40H,13-14H2,1-3H3,(H,33,37)(H,41,42)/t21-,22?,25+,26?,27-,30+/m0/s1. The van der Waals surface area contributed by atoms with E-state index in [1.807, 2.05) is 0 Å². The van der Waals surface area contributed by atoms with Crippen molar-refractivity contribution in [2.75, 3.05) is 30.3 Å². The number of carboxylic acid groups (broad SMARTS) is 1. The minimum atomic E-state index is -4.35. The van der Waals surface area contributed by atoms with E-state index in [1.165, 1.54) is 12.1 Å². The zero-order valence-electron chi connectivity index (χ0n) is 25.4. The fourth-order valence-corrected chi connectivity index (χ4v) is 6.66. The lowest BCUT2D eigenvalue weighted by Gasteiger charge is -2.46. The van der Waals surface area contributed by atoms with Crippen molar-refractivity contribution < 1.29 is 61.8 Å². The Kier molecular flexibility index (Phi) is 10.6. The molecule has 4 rings (SSSR count). The van der Waals surface area contributed by atoms with Crippen LogP contribution in [-0.2, 0) is 24.3 Å². The van der Waals surface area contributed by atoms with Crippen LogP contribution in [0, 0.1) is 0 Å². The molecule has 0 bridgehead atoms. The lowest BCUT2D eigenvalue weighted by Crippen LogP contribution is -2.68. The summed E-state index contributed by atoms with van der Waals surface area (Å²) in [5.41, 5.74) is -0.520. The van der Waals surface area contributed by atoms with E-state index < -0.39 is 88.9 Å². The van der Waals surface area contributed by atoms with Gasteiger partial charge in [0.05, 0.1) is 35.6 Å². The Morgan fingerprint density at radius 2 is 1.77 bits per heavy atom. The summed E-state index contributed by atoms with van der Waals surface area (Å²) in [5.74, 6) is -6.37. The summed E-state index contributed by atoms with van der Waals surface area (Å²) in [6, 6.07) is 10.9. The van der Waals surface area contributed by atoms with Gasteiger partial charge < -0.3 is 45.2 Å². The van der Waals surface area contributed by atoms with Crippen LogP contribution in [0.2, 0.25) is 0 Å². The second-order valence-corrected chi connectivity index (χ2v) is 12.8. The molecule has 2 unspecified atom stereocenters. The van der Waals surface area contributed by atoms with Crippen molar-refractivity contribution in [2.45, 2.75) is 60.9 Å². The molecule has 1 aliphatic heterocycles. The number of nitrogens with one attached hydrogen (secondary N) is 2. The minimum absolute atomic E-state index is 0.129. The first-order valence-electron chi connectivity index (χ1n) is 14.2. The first-order valence-corrected chi connectivity index (χ1v) is 15.7. The number of hydrogen-bond acceptors (Lipinski definition) is 11. The van der Waals surface area contributed by atoms with Gasteiger partial charge in [0, 0.05) is 43.2 Å². The Bertz CT molecular complexity index is 1740. The highest BCUT2D eigenvalue weighted by atomic mass is 32.2. The largest absolute Gasteiger partial charge is 0.476 e. The fourth-order valence-electron chi connectivity index (χ4n) is 5.38. The lowest BCUT2D eigenvalue weighted by atomic mass is 9.88. The van der Waals surface area contributed by atoms with Crippen LogP contribution in [0.25, 0.3) is 10.8 Å². The molecule has 256 valence electrons. The quantitative estimate of drug-likeness (QED) is 0.143. The van der Waals surface area contributed by atoms with Gasteiger partial charge in [-0.25, -0.2) is 22.0 Å². The van der Waals surface area contributed by atoms with Crippen molar-refractivity contribution in [2.24, 2.45) is 0 Å². The normalized spacial score (nSPS) is 22.8. The average molecular weight is 684 g/mol. The number of benzene rings is 3. The zero-order valence-corrected chi connectivity index (χ0v) is 26.2. The van der Waals surface area contributed by atoms with Crippen LogP contribution in [0.15, 0.2) is 59.5 Å². The summed E-state index contributed by atoms with van der Waals surface area (Å²) in [7, 11) is -0.772. The van der Waals surface area contributed by atoms with Crippen LogP contribution in [0.1, 0.15) is 25.3 Å². The maximum Gasteiger partial charge on any atom is 0.377 e. The maximum atomic E-state index is 14.4.